The van der Waals surface area contributed by atoms with Gasteiger partial charge < -0.3 is 4.90 Å². The van der Waals surface area contributed by atoms with E-state index in [0.717, 1.165) is 5.56 Å². The van der Waals surface area contributed by atoms with Gasteiger partial charge in [0.2, 0.25) is 0 Å². The van der Waals surface area contributed by atoms with E-state index in [2.05, 4.69) is 0 Å². The minimum Gasteiger partial charge on any atom is -0.335 e. The highest BCUT2D eigenvalue weighted by molar-refractivity contribution is 5.94. The van der Waals surface area contributed by atoms with E-state index in [1.807, 2.05) is 43.3 Å². The van der Waals surface area contributed by atoms with Crippen LogP contribution < -0.4 is 0 Å². The lowest BCUT2D eigenvalue weighted by Gasteiger charge is -2.25. The van der Waals surface area contributed by atoms with Crippen molar-refractivity contribution >= 4 is 5.91 Å². The lowest BCUT2D eigenvalue weighted by atomic mass is 10.1. The Kier molecular flexibility index (Phi) is 4.17. The Morgan fingerprint density at radius 3 is 2.25 bits per heavy atom. The number of nitriles is 1. The molecule has 1 atom stereocenters. The average Bonchev–Trinajstić information content (AvgIpc) is 2.53. The monoisotopic (exact) mass is 264 g/mol. The summed E-state index contributed by atoms with van der Waals surface area (Å²) in [5.74, 6) is -0.0501. The molecule has 3 nitrogen and oxygen atoms in total. The third kappa shape index (κ3) is 2.86. The molecule has 100 valence electrons. The first kappa shape index (κ1) is 13.8. The van der Waals surface area contributed by atoms with Crippen molar-refractivity contribution in [1.29, 1.82) is 5.26 Å². The van der Waals surface area contributed by atoms with Crippen LogP contribution in [0.2, 0.25) is 0 Å². The zero-order valence-corrected chi connectivity index (χ0v) is 11.6. The molecule has 0 saturated carbocycles. The molecule has 1 amide bonds. The van der Waals surface area contributed by atoms with Crippen LogP contribution in [0.5, 0.6) is 0 Å². The van der Waals surface area contributed by atoms with Gasteiger partial charge in [-0.25, -0.2) is 0 Å². The van der Waals surface area contributed by atoms with E-state index in [9.17, 15) is 4.79 Å². The normalized spacial score (nSPS) is 11.4. The molecule has 3 heteroatoms. The number of rotatable bonds is 3. The first-order chi connectivity index (χ1) is 9.63. The van der Waals surface area contributed by atoms with Gasteiger partial charge in [-0.05, 0) is 36.8 Å². The van der Waals surface area contributed by atoms with E-state index >= 15 is 0 Å². The molecule has 2 rings (SSSR count). The molecular formula is C17H16N2O. The number of hydrogen-bond acceptors (Lipinski definition) is 2. The van der Waals surface area contributed by atoms with Crippen LogP contribution in [-0.2, 0) is 0 Å². The fourth-order valence-corrected chi connectivity index (χ4v) is 2.02. The molecule has 0 bridgehead atoms. The molecule has 0 aliphatic heterocycles. The van der Waals surface area contributed by atoms with Crippen molar-refractivity contribution < 1.29 is 4.79 Å². The zero-order valence-electron chi connectivity index (χ0n) is 11.6. The van der Waals surface area contributed by atoms with Crippen molar-refractivity contribution in [1.82, 2.24) is 4.90 Å². The summed E-state index contributed by atoms with van der Waals surface area (Å²) >= 11 is 0. The molecular weight excluding hydrogens is 248 g/mol. The number of amides is 1. The summed E-state index contributed by atoms with van der Waals surface area (Å²) in [5.41, 5.74) is 2.24. The van der Waals surface area contributed by atoms with Crippen LogP contribution in [0.4, 0.5) is 0 Å². The van der Waals surface area contributed by atoms with E-state index < -0.39 is 0 Å². The van der Waals surface area contributed by atoms with Gasteiger partial charge in [0.15, 0.2) is 0 Å². The second kappa shape index (κ2) is 6.03. The van der Waals surface area contributed by atoms with Crippen molar-refractivity contribution in [2.75, 3.05) is 7.05 Å². The van der Waals surface area contributed by atoms with Gasteiger partial charge in [-0.1, -0.05) is 30.3 Å². The summed E-state index contributed by atoms with van der Waals surface area (Å²) in [7, 11) is 1.79. The topological polar surface area (TPSA) is 44.1 Å². The lowest BCUT2D eigenvalue weighted by Crippen LogP contribution is -2.29. The number of hydrogen-bond donors (Lipinski definition) is 0. The summed E-state index contributed by atoms with van der Waals surface area (Å²) in [5, 5.41) is 8.77. The van der Waals surface area contributed by atoms with Crippen molar-refractivity contribution in [2.45, 2.75) is 13.0 Å². The fraction of sp³-hybridized carbons (Fsp3) is 0.176. The van der Waals surface area contributed by atoms with Gasteiger partial charge in [-0.15, -0.1) is 0 Å². The third-order valence-electron chi connectivity index (χ3n) is 3.44. The van der Waals surface area contributed by atoms with Gasteiger partial charge in [0.05, 0.1) is 17.7 Å². The van der Waals surface area contributed by atoms with Crippen molar-refractivity contribution in [3.8, 4) is 6.07 Å². The van der Waals surface area contributed by atoms with Gasteiger partial charge in [-0.3, -0.25) is 4.79 Å². The van der Waals surface area contributed by atoms with E-state index in [0.29, 0.717) is 11.1 Å². The average molecular weight is 264 g/mol. The second-order valence-corrected chi connectivity index (χ2v) is 4.69. The number of benzene rings is 2. The quantitative estimate of drug-likeness (QED) is 0.852. The van der Waals surface area contributed by atoms with Crippen LogP contribution in [0.1, 0.15) is 34.5 Å². The summed E-state index contributed by atoms with van der Waals surface area (Å²) in [6.07, 6.45) is 0. The Morgan fingerprint density at radius 1 is 1.10 bits per heavy atom. The highest BCUT2D eigenvalue weighted by Crippen LogP contribution is 2.20. The summed E-state index contributed by atoms with van der Waals surface area (Å²) in [6.45, 7) is 2.00. The molecule has 0 spiro atoms. The molecule has 0 N–H and O–H groups in total. The number of carbonyl (C=O) groups excluding carboxylic acids is 1. The highest BCUT2D eigenvalue weighted by Gasteiger charge is 2.18. The number of carbonyl (C=O) groups is 1. The molecule has 0 unspecified atom stereocenters. The maximum absolute atomic E-state index is 12.4. The highest BCUT2D eigenvalue weighted by atomic mass is 16.2. The first-order valence-electron chi connectivity index (χ1n) is 6.45. The number of nitrogens with zero attached hydrogens (tertiary/aromatic N) is 2. The molecule has 0 aromatic heterocycles. The van der Waals surface area contributed by atoms with Gasteiger partial charge in [-0.2, -0.15) is 5.26 Å². The summed E-state index contributed by atoms with van der Waals surface area (Å²) in [6, 6.07) is 18.6. The first-order valence-corrected chi connectivity index (χ1v) is 6.45. The van der Waals surface area contributed by atoms with E-state index in [1.165, 1.54) is 0 Å². The van der Waals surface area contributed by atoms with Gasteiger partial charge >= 0.3 is 0 Å². The van der Waals surface area contributed by atoms with E-state index in [1.54, 1.807) is 36.2 Å². The minimum absolute atomic E-state index is 0.000608. The second-order valence-electron chi connectivity index (χ2n) is 4.69. The maximum Gasteiger partial charge on any atom is 0.254 e. The molecule has 20 heavy (non-hydrogen) atoms. The van der Waals surface area contributed by atoms with E-state index in [-0.39, 0.29) is 11.9 Å². The van der Waals surface area contributed by atoms with Gasteiger partial charge in [0.25, 0.3) is 5.91 Å². The van der Waals surface area contributed by atoms with Crippen LogP contribution in [0.15, 0.2) is 54.6 Å². The Morgan fingerprint density at radius 2 is 1.70 bits per heavy atom. The van der Waals surface area contributed by atoms with E-state index in [4.69, 9.17) is 5.26 Å². The third-order valence-corrected chi connectivity index (χ3v) is 3.44. The Balaban J connectivity index is 2.18. The largest absolute Gasteiger partial charge is 0.335 e. The SMILES string of the molecule is C[C@@H](c1ccccc1)N(C)C(=O)c1ccc(C#N)cc1. The molecule has 0 heterocycles. The summed E-state index contributed by atoms with van der Waals surface area (Å²) < 4.78 is 0. The van der Waals surface area contributed by atoms with Crippen LogP contribution >= 0.6 is 0 Å². The smallest absolute Gasteiger partial charge is 0.254 e. The molecule has 0 saturated heterocycles. The van der Waals surface area contributed by atoms with Gasteiger partial charge in [0, 0.05) is 12.6 Å². The lowest BCUT2D eigenvalue weighted by molar-refractivity contribution is 0.0742. The van der Waals surface area contributed by atoms with Crippen LogP contribution in [0.25, 0.3) is 0 Å². The standard InChI is InChI=1S/C17H16N2O/c1-13(15-6-4-3-5-7-15)19(2)17(20)16-10-8-14(12-18)9-11-16/h3-11,13H,1-2H3/t13-/m0/s1. The van der Waals surface area contributed by atoms with Crippen LogP contribution in [-0.4, -0.2) is 17.9 Å². The Bertz CT molecular complexity index is 626. The minimum atomic E-state index is -0.0501. The maximum atomic E-state index is 12.4. The van der Waals surface area contributed by atoms with Crippen molar-refractivity contribution in [3.05, 3.63) is 71.3 Å². The van der Waals surface area contributed by atoms with Crippen LogP contribution in [0.3, 0.4) is 0 Å². The Labute approximate surface area is 119 Å². The molecule has 2 aromatic carbocycles. The van der Waals surface area contributed by atoms with Crippen molar-refractivity contribution in [2.24, 2.45) is 0 Å². The van der Waals surface area contributed by atoms with Gasteiger partial charge in [0.1, 0.15) is 0 Å². The Hall–Kier alpha value is -2.60. The predicted molar refractivity (Wildman–Crippen MR) is 78.1 cm³/mol. The van der Waals surface area contributed by atoms with Crippen molar-refractivity contribution in [3.63, 3.8) is 0 Å². The molecule has 0 aliphatic rings. The fourth-order valence-electron chi connectivity index (χ4n) is 2.02. The molecule has 0 fully saturated rings. The molecule has 0 aliphatic carbocycles. The zero-order chi connectivity index (χ0) is 14.5. The predicted octanol–water partition coefficient (Wildman–Crippen LogP) is 3.39. The van der Waals surface area contributed by atoms with Crippen LogP contribution in [0, 0.1) is 11.3 Å². The molecule has 2 aromatic rings. The molecule has 0 radical (unpaired) electrons. The summed E-state index contributed by atoms with van der Waals surface area (Å²) in [4.78, 5) is 14.1.